The van der Waals surface area contributed by atoms with Gasteiger partial charge >= 0.3 is 0 Å². The Hall–Kier alpha value is -1.03. The third kappa shape index (κ3) is 0.974. The molecule has 4 N–H and O–H groups in total. The molecule has 1 rings (SSSR count). The highest BCUT2D eigenvalue weighted by molar-refractivity contribution is 5.91. The van der Waals surface area contributed by atoms with Gasteiger partial charge in [0.1, 0.15) is 5.84 Å². The zero-order valence-electron chi connectivity index (χ0n) is 4.20. The number of aliphatic hydroxyl groups is 1. The van der Waals surface area contributed by atoms with Crippen LogP contribution in [0.1, 0.15) is 0 Å². The molecule has 1 aliphatic heterocycles. The SMILES string of the molecule is NC1=NC(O)NC=C1. The lowest BCUT2D eigenvalue weighted by Gasteiger charge is -2.08. The number of amidine groups is 1. The predicted molar refractivity (Wildman–Crippen MR) is 29.9 cm³/mol. The van der Waals surface area contributed by atoms with Crippen LogP contribution in [0, 0.1) is 0 Å². The van der Waals surface area contributed by atoms with Gasteiger partial charge in [0.05, 0.1) is 0 Å². The van der Waals surface area contributed by atoms with E-state index >= 15 is 0 Å². The van der Waals surface area contributed by atoms with E-state index in [0.717, 1.165) is 0 Å². The summed E-state index contributed by atoms with van der Waals surface area (Å²) in [6, 6.07) is 0. The van der Waals surface area contributed by atoms with E-state index in [2.05, 4.69) is 10.3 Å². The minimum Gasteiger partial charge on any atom is -0.384 e. The number of nitrogens with two attached hydrogens (primary N) is 1. The van der Waals surface area contributed by atoms with Crippen molar-refractivity contribution in [2.75, 3.05) is 0 Å². The van der Waals surface area contributed by atoms with E-state index in [4.69, 9.17) is 10.8 Å². The van der Waals surface area contributed by atoms with Crippen LogP contribution >= 0.6 is 0 Å². The van der Waals surface area contributed by atoms with Crippen molar-refractivity contribution >= 4 is 5.84 Å². The van der Waals surface area contributed by atoms with Gasteiger partial charge in [-0.05, 0) is 6.08 Å². The summed E-state index contributed by atoms with van der Waals surface area (Å²) >= 11 is 0. The molecule has 0 saturated carbocycles. The van der Waals surface area contributed by atoms with Crippen molar-refractivity contribution in [2.45, 2.75) is 6.35 Å². The van der Waals surface area contributed by atoms with Gasteiger partial charge in [-0.1, -0.05) is 0 Å². The topological polar surface area (TPSA) is 70.6 Å². The van der Waals surface area contributed by atoms with E-state index < -0.39 is 6.35 Å². The van der Waals surface area contributed by atoms with Crippen LogP contribution in [0.5, 0.6) is 0 Å². The Kier molecular flexibility index (Phi) is 1.17. The van der Waals surface area contributed by atoms with Crippen molar-refractivity contribution < 1.29 is 5.11 Å². The lowest BCUT2D eigenvalue weighted by Crippen LogP contribution is -2.28. The Morgan fingerprint density at radius 1 is 1.88 bits per heavy atom. The quantitative estimate of drug-likeness (QED) is 0.367. The smallest absolute Gasteiger partial charge is 0.224 e. The maximum Gasteiger partial charge on any atom is 0.224 e. The fourth-order valence-electron chi connectivity index (χ4n) is 0.441. The molecule has 0 bridgehead atoms. The van der Waals surface area contributed by atoms with Crippen LogP contribution in [0.4, 0.5) is 0 Å². The molecule has 1 heterocycles. The average Bonchev–Trinajstić information content (AvgIpc) is 1.64. The maximum absolute atomic E-state index is 8.65. The van der Waals surface area contributed by atoms with E-state index in [-0.39, 0.29) is 0 Å². The molecule has 0 aliphatic carbocycles. The van der Waals surface area contributed by atoms with E-state index in [1.165, 1.54) is 0 Å². The van der Waals surface area contributed by atoms with Gasteiger partial charge < -0.3 is 16.2 Å². The molecule has 0 fully saturated rings. The molecular weight excluding hydrogens is 106 g/mol. The monoisotopic (exact) mass is 113 g/mol. The number of nitrogens with one attached hydrogen (secondary N) is 1. The zero-order valence-corrected chi connectivity index (χ0v) is 4.20. The van der Waals surface area contributed by atoms with Crippen molar-refractivity contribution in [1.82, 2.24) is 5.32 Å². The highest BCUT2D eigenvalue weighted by Gasteiger charge is 1.99. The lowest BCUT2D eigenvalue weighted by molar-refractivity contribution is 0.162. The fourth-order valence-corrected chi connectivity index (χ4v) is 0.441. The van der Waals surface area contributed by atoms with Crippen LogP contribution < -0.4 is 11.1 Å². The maximum atomic E-state index is 8.65. The Morgan fingerprint density at radius 3 is 3.00 bits per heavy atom. The molecule has 44 valence electrons. The molecule has 0 aromatic rings. The number of rotatable bonds is 0. The van der Waals surface area contributed by atoms with Crippen LogP contribution in [-0.4, -0.2) is 17.3 Å². The molecule has 4 nitrogen and oxygen atoms in total. The first-order chi connectivity index (χ1) is 3.79. The second-order valence-electron chi connectivity index (χ2n) is 1.43. The standard InChI is InChI=1S/C4H7N3O/c5-3-1-2-6-4(8)7-3/h1-2,4,6,8H,(H2,5,7). The van der Waals surface area contributed by atoms with Crippen LogP contribution in [0.2, 0.25) is 0 Å². The third-order valence-corrected chi connectivity index (χ3v) is 0.771. The first-order valence-corrected chi connectivity index (χ1v) is 2.23. The molecule has 1 aliphatic rings. The molecule has 0 radical (unpaired) electrons. The van der Waals surface area contributed by atoms with Crippen LogP contribution in [0.25, 0.3) is 0 Å². The molecule has 1 unspecified atom stereocenters. The number of hydrogen-bond donors (Lipinski definition) is 3. The Labute approximate surface area is 46.7 Å². The summed E-state index contributed by atoms with van der Waals surface area (Å²) in [4.78, 5) is 3.53. The second kappa shape index (κ2) is 1.83. The normalized spacial score (nSPS) is 26.6. The minimum atomic E-state index is -0.861. The molecule has 0 spiro atoms. The van der Waals surface area contributed by atoms with Crippen molar-refractivity contribution in [3.63, 3.8) is 0 Å². The van der Waals surface area contributed by atoms with E-state index in [0.29, 0.717) is 5.84 Å². The fraction of sp³-hybridized carbons (Fsp3) is 0.250. The zero-order chi connectivity index (χ0) is 5.98. The van der Waals surface area contributed by atoms with Gasteiger partial charge in [-0.15, -0.1) is 0 Å². The van der Waals surface area contributed by atoms with Gasteiger partial charge in [-0.25, -0.2) is 4.99 Å². The number of nitrogens with zero attached hydrogens (tertiary/aromatic N) is 1. The summed E-state index contributed by atoms with van der Waals surface area (Å²) in [6.07, 6.45) is 2.26. The molecule has 0 saturated heterocycles. The number of hydrogen-bond acceptors (Lipinski definition) is 4. The van der Waals surface area contributed by atoms with Crippen molar-refractivity contribution in [3.8, 4) is 0 Å². The van der Waals surface area contributed by atoms with Crippen molar-refractivity contribution in [3.05, 3.63) is 12.3 Å². The molecule has 4 heteroatoms. The van der Waals surface area contributed by atoms with Gasteiger partial charge in [0.25, 0.3) is 0 Å². The number of aliphatic hydroxyl groups excluding tert-OH is 1. The molecule has 0 amide bonds. The van der Waals surface area contributed by atoms with E-state index in [1.54, 1.807) is 12.3 Å². The highest BCUT2D eigenvalue weighted by Crippen LogP contribution is 1.86. The molecule has 0 aromatic carbocycles. The average molecular weight is 113 g/mol. The number of aliphatic imine (C=N–C) groups is 1. The summed E-state index contributed by atoms with van der Waals surface area (Å²) in [5.41, 5.74) is 5.19. The van der Waals surface area contributed by atoms with E-state index in [1.807, 2.05) is 0 Å². The first-order valence-electron chi connectivity index (χ1n) is 2.23. The van der Waals surface area contributed by atoms with Gasteiger partial charge in [-0.2, -0.15) is 0 Å². The molecule has 0 aromatic heterocycles. The Balaban J connectivity index is 2.63. The molecule has 1 atom stereocenters. The van der Waals surface area contributed by atoms with Crippen LogP contribution in [0.3, 0.4) is 0 Å². The summed E-state index contributed by atoms with van der Waals surface area (Å²) in [5, 5.41) is 11.2. The van der Waals surface area contributed by atoms with Gasteiger partial charge in [0, 0.05) is 6.20 Å². The Morgan fingerprint density at radius 2 is 2.62 bits per heavy atom. The minimum absolute atomic E-state index is 0.344. The van der Waals surface area contributed by atoms with Crippen LogP contribution in [-0.2, 0) is 0 Å². The predicted octanol–water partition coefficient (Wildman–Crippen LogP) is -1.26. The molecule has 8 heavy (non-hydrogen) atoms. The largest absolute Gasteiger partial charge is 0.384 e. The van der Waals surface area contributed by atoms with Crippen molar-refractivity contribution in [1.29, 1.82) is 0 Å². The first kappa shape index (κ1) is 5.11. The Bertz CT molecular complexity index is 140. The summed E-state index contributed by atoms with van der Waals surface area (Å²) in [5.74, 6) is 0.344. The second-order valence-corrected chi connectivity index (χ2v) is 1.43. The van der Waals surface area contributed by atoms with Gasteiger partial charge in [0.15, 0.2) is 0 Å². The van der Waals surface area contributed by atoms with E-state index in [9.17, 15) is 0 Å². The van der Waals surface area contributed by atoms with Gasteiger partial charge in [0.2, 0.25) is 6.35 Å². The summed E-state index contributed by atoms with van der Waals surface area (Å²) < 4.78 is 0. The van der Waals surface area contributed by atoms with Gasteiger partial charge in [-0.3, -0.25) is 0 Å². The highest BCUT2D eigenvalue weighted by atomic mass is 16.3. The summed E-state index contributed by atoms with van der Waals surface area (Å²) in [6.45, 7) is 0. The third-order valence-electron chi connectivity index (χ3n) is 0.771. The van der Waals surface area contributed by atoms with Crippen LogP contribution in [0.15, 0.2) is 17.3 Å². The summed E-state index contributed by atoms with van der Waals surface area (Å²) in [7, 11) is 0. The molecular formula is C4H7N3O. The van der Waals surface area contributed by atoms with Crippen molar-refractivity contribution in [2.24, 2.45) is 10.7 Å². The lowest BCUT2D eigenvalue weighted by atomic mass is 10.5.